The number of carbonyl (C=O) groups is 4. The molecule has 0 unspecified atom stereocenters. The summed E-state index contributed by atoms with van der Waals surface area (Å²) in [7, 11) is 0. The maximum absolute atomic E-state index is 12.7. The van der Waals surface area contributed by atoms with Gasteiger partial charge in [-0.15, -0.1) is 0 Å². The molecule has 9 heteroatoms. The quantitative estimate of drug-likeness (QED) is 0.409. The average Bonchev–Trinajstić information content (AvgIpc) is 2.67. The van der Waals surface area contributed by atoms with Gasteiger partial charge in [0.25, 0.3) is 0 Å². The van der Waals surface area contributed by atoms with Crippen LogP contribution >= 0.6 is 0 Å². The molecule has 0 radical (unpaired) electrons. The van der Waals surface area contributed by atoms with E-state index in [9.17, 15) is 24.3 Å². The fourth-order valence-corrected chi connectivity index (χ4v) is 2.83. The minimum Gasteiger partial charge on any atom is -0.480 e. The highest BCUT2D eigenvalue weighted by molar-refractivity contribution is 5.89. The Kier molecular flexibility index (Phi) is 10.7. The number of benzene rings is 1. The summed E-state index contributed by atoms with van der Waals surface area (Å²) in [6.07, 6.45) is 0.244. The molecule has 0 heterocycles. The highest BCUT2D eigenvalue weighted by Gasteiger charge is 2.29. The lowest BCUT2D eigenvalue weighted by Crippen LogP contribution is -2.55. The number of nitrogens with one attached hydrogen (secondary N) is 3. The van der Waals surface area contributed by atoms with Crippen molar-refractivity contribution in [2.24, 2.45) is 5.92 Å². The summed E-state index contributed by atoms with van der Waals surface area (Å²) < 4.78 is 5.19. The summed E-state index contributed by atoms with van der Waals surface area (Å²) in [6, 6.07) is 7.14. The van der Waals surface area contributed by atoms with E-state index in [1.165, 1.54) is 0 Å². The van der Waals surface area contributed by atoms with Crippen LogP contribution < -0.4 is 16.0 Å². The van der Waals surface area contributed by atoms with Gasteiger partial charge in [0.15, 0.2) is 0 Å². The van der Waals surface area contributed by atoms with Crippen molar-refractivity contribution in [3.8, 4) is 0 Å². The van der Waals surface area contributed by atoms with Crippen LogP contribution in [-0.4, -0.2) is 53.2 Å². The van der Waals surface area contributed by atoms with Gasteiger partial charge in [-0.3, -0.25) is 9.59 Å². The van der Waals surface area contributed by atoms with Crippen LogP contribution in [0.4, 0.5) is 4.79 Å². The Morgan fingerprint density at radius 3 is 2.16 bits per heavy atom. The molecule has 3 amide bonds. The largest absolute Gasteiger partial charge is 0.480 e. The van der Waals surface area contributed by atoms with Gasteiger partial charge in [-0.1, -0.05) is 44.2 Å². The minimum atomic E-state index is -1.33. The number of aryl methyl sites for hydroxylation is 1. The van der Waals surface area contributed by atoms with Gasteiger partial charge in [-0.25, -0.2) is 9.59 Å². The van der Waals surface area contributed by atoms with Crippen LogP contribution in [0.2, 0.25) is 0 Å². The topological polar surface area (TPSA) is 134 Å². The Hall–Kier alpha value is -3.10. The maximum atomic E-state index is 12.7. The minimum absolute atomic E-state index is 0.0571. The molecule has 0 spiro atoms. The Morgan fingerprint density at radius 2 is 1.62 bits per heavy atom. The first-order valence-corrected chi connectivity index (χ1v) is 10.7. The van der Waals surface area contributed by atoms with E-state index < -0.39 is 35.7 Å². The molecule has 0 aromatic heterocycles. The molecule has 1 aromatic rings. The van der Waals surface area contributed by atoms with Gasteiger partial charge in [0.05, 0.1) is 0 Å². The first kappa shape index (κ1) is 26.9. The predicted octanol–water partition coefficient (Wildman–Crippen LogP) is 2.24. The standard InChI is InChI=1S/C23H35N3O6/c1-15(2)13-17(26-22(31)32-23(3,4)5)20(28)25-18(21(29)30)14-24-19(27)12-11-16-9-7-6-8-10-16/h6-10,15,17-18H,11-14H2,1-5H3,(H,24,27)(H,25,28)(H,26,31)(H,29,30)/t17-,18-/m0/s1. The number of carboxylic acids is 1. The fourth-order valence-electron chi connectivity index (χ4n) is 2.83. The lowest BCUT2D eigenvalue weighted by molar-refractivity contribution is -0.142. The second kappa shape index (κ2) is 12.7. The molecular formula is C23H35N3O6. The zero-order valence-electron chi connectivity index (χ0n) is 19.4. The summed E-state index contributed by atoms with van der Waals surface area (Å²) >= 11 is 0. The monoisotopic (exact) mass is 449 g/mol. The smallest absolute Gasteiger partial charge is 0.408 e. The Balaban J connectivity index is 2.65. The molecule has 0 bridgehead atoms. The lowest BCUT2D eigenvalue weighted by Gasteiger charge is -2.25. The first-order valence-electron chi connectivity index (χ1n) is 10.7. The van der Waals surface area contributed by atoms with Crippen LogP contribution in [0.1, 0.15) is 53.0 Å². The van der Waals surface area contributed by atoms with Crippen LogP contribution in [0.3, 0.4) is 0 Å². The lowest BCUT2D eigenvalue weighted by atomic mass is 10.0. The molecule has 178 valence electrons. The number of alkyl carbamates (subject to hydrolysis) is 1. The summed E-state index contributed by atoms with van der Waals surface area (Å²) in [6.45, 7) is 8.58. The third-order valence-corrected chi connectivity index (χ3v) is 4.32. The number of ether oxygens (including phenoxy) is 1. The number of rotatable bonds is 11. The second-order valence-corrected chi connectivity index (χ2v) is 9.02. The van der Waals surface area contributed by atoms with Crippen molar-refractivity contribution in [2.45, 2.75) is 71.6 Å². The molecule has 0 aliphatic carbocycles. The van der Waals surface area contributed by atoms with Crippen LogP contribution in [0, 0.1) is 5.92 Å². The van der Waals surface area contributed by atoms with E-state index in [1.54, 1.807) is 20.8 Å². The van der Waals surface area contributed by atoms with Gasteiger partial charge in [0.1, 0.15) is 17.7 Å². The zero-order valence-corrected chi connectivity index (χ0v) is 19.4. The molecule has 0 saturated carbocycles. The van der Waals surface area contributed by atoms with Crippen LogP contribution in [0.5, 0.6) is 0 Å². The highest BCUT2D eigenvalue weighted by atomic mass is 16.6. The van der Waals surface area contributed by atoms with Crippen molar-refractivity contribution < 1.29 is 29.0 Å². The summed E-state index contributed by atoms with van der Waals surface area (Å²) in [4.78, 5) is 48.5. The molecule has 4 N–H and O–H groups in total. The number of hydrogen-bond donors (Lipinski definition) is 4. The van der Waals surface area contributed by atoms with Crippen molar-refractivity contribution in [1.82, 2.24) is 16.0 Å². The van der Waals surface area contributed by atoms with Crippen LogP contribution in [0.25, 0.3) is 0 Å². The number of hydrogen-bond acceptors (Lipinski definition) is 5. The van der Waals surface area contributed by atoms with Crippen molar-refractivity contribution in [3.05, 3.63) is 35.9 Å². The van der Waals surface area contributed by atoms with Crippen molar-refractivity contribution in [2.75, 3.05) is 6.54 Å². The SMILES string of the molecule is CC(C)C[C@H](NC(=O)OC(C)(C)C)C(=O)N[C@@H](CNC(=O)CCc1ccccc1)C(=O)O. The Labute approximate surface area is 189 Å². The first-order chi connectivity index (χ1) is 14.9. The molecule has 0 fully saturated rings. The molecule has 1 rings (SSSR count). The zero-order chi connectivity index (χ0) is 24.3. The Bertz CT molecular complexity index is 774. The van der Waals surface area contributed by atoms with Gasteiger partial charge in [0, 0.05) is 13.0 Å². The second-order valence-electron chi connectivity index (χ2n) is 9.02. The molecule has 2 atom stereocenters. The third kappa shape index (κ3) is 11.3. The molecule has 1 aromatic carbocycles. The molecule has 32 heavy (non-hydrogen) atoms. The van der Waals surface area contributed by atoms with Gasteiger partial charge in [-0.05, 0) is 45.1 Å². The normalized spacial score (nSPS) is 13.1. The van der Waals surface area contributed by atoms with E-state index in [-0.39, 0.29) is 24.8 Å². The molecule has 0 aliphatic rings. The van der Waals surface area contributed by atoms with E-state index in [2.05, 4.69) is 16.0 Å². The number of amides is 3. The molecule has 9 nitrogen and oxygen atoms in total. The van der Waals surface area contributed by atoms with Crippen molar-refractivity contribution in [3.63, 3.8) is 0 Å². The highest BCUT2D eigenvalue weighted by Crippen LogP contribution is 2.10. The third-order valence-electron chi connectivity index (χ3n) is 4.32. The average molecular weight is 450 g/mol. The van der Waals surface area contributed by atoms with E-state index in [0.717, 1.165) is 5.56 Å². The number of aliphatic carboxylic acids is 1. The molecule has 0 saturated heterocycles. The van der Waals surface area contributed by atoms with Crippen LogP contribution in [-0.2, 0) is 25.5 Å². The van der Waals surface area contributed by atoms with Gasteiger partial charge in [-0.2, -0.15) is 0 Å². The van der Waals surface area contributed by atoms with Crippen molar-refractivity contribution in [1.29, 1.82) is 0 Å². The predicted molar refractivity (Wildman–Crippen MR) is 120 cm³/mol. The summed E-state index contributed by atoms with van der Waals surface area (Å²) in [5.41, 5.74) is 0.256. The number of carbonyl (C=O) groups excluding carboxylic acids is 3. The van der Waals surface area contributed by atoms with E-state index >= 15 is 0 Å². The van der Waals surface area contributed by atoms with E-state index in [0.29, 0.717) is 12.8 Å². The number of carboxylic acid groups (broad SMARTS) is 1. The Morgan fingerprint density at radius 1 is 1.00 bits per heavy atom. The van der Waals surface area contributed by atoms with Crippen molar-refractivity contribution >= 4 is 23.9 Å². The molecule has 0 aliphatic heterocycles. The van der Waals surface area contributed by atoms with Gasteiger partial charge >= 0.3 is 12.1 Å². The fraction of sp³-hybridized carbons (Fsp3) is 0.565. The summed E-state index contributed by atoms with van der Waals surface area (Å²) in [5, 5.41) is 16.9. The van der Waals surface area contributed by atoms with E-state index in [4.69, 9.17) is 4.74 Å². The van der Waals surface area contributed by atoms with Gasteiger partial charge in [0.2, 0.25) is 11.8 Å². The summed E-state index contributed by atoms with van der Waals surface area (Å²) in [5.74, 6) is -2.21. The van der Waals surface area contributed by atoms with Gasteiger partial charge < -0.3 is 25.8 Å². The van der Waals surface area contributed by atoms with Crippen LogP contribution in [0.15, 0.2) is 30.3 Å². The maximum Gasteiger partial charge on any atom is 0.408 e. The van der Waals surface area contributed by atoms with E-state index in [1.807, 2.05) is 44.2 Å². The molecular weight excluding hydrogens is 414 g/mol.